The molecule has 2 heterocycles. The third-order valence-corrected chi connectivity index (χ3v) is 4.28. The van der Waals surface area contributed by atoms with Crippen molar-refractivity contribution in [1.82, 2.24) is 15.0 Å². The second-order valence-electron chi connectivity index (χ2n) is 5.87. The van der Waals surface area contributed by atoms with Crippen LogP contribution in [0.25, 0.3) is 22.2 Å². The van der Waals surface area contributed by atoms with Gasteiger partial charge in [-0.3, -0.25) is 0 Å². The Morgan fingerprint density at radius 3 is 2.54 bits per heavy atom. The Hall–Kier alpha value is -3.14. The van der Waals surface area contributed by atoms with Crippen LogP contribution in [0.15, 0.2) is 67.1 Å². The van der Waals surface area contributed by atoms with Crippen LogP contribution in [0.1, 0.15) is 11.1 Å². The number of fused-ring (bicyclic) bond motifs is 1. The SMILES string of the molecule is Nc1ncnc2[nH]cc(-c3cccc(CCc4ccccc4)c3)c12. The number of anilines is 1. The summed E-state index contributed by atoms with van der Waals surface area (Å²) < 4.78 is 0. The van der Waals surface area contributed by atoms with Crippen molar-refractivity contribution in [2.24, 2.45) is 0 Å². The van der Waals surface area contributed by atoms with E-state index in [4.69, 9.17) is 5.73 Å². The average Bonchev–Trinajstić information content (AvgIpc) is 3.07. The maximum atomic E-state index is 6.04. The van der Waals surface area contributed by atoms with E-state index in [9.17, 15) is 0 Å². The van der Waals surface area contributed by atoms with Crippen LogP contribution in [0.3, 0.4) is 0 Å². The van der Waals surface area contributed by atoms with Crippen LogP contribution in [-0.2, 0) is 12.8 Å². The van der Waals surface area contributed by atoms with Gasteiger partial charge in [-0.25, -0.2) is 9.97 Å². The lowest BCUT2D eigenvalue weighted by molar-refractivity contribution is 0.961. The molecule has 0 aliphatic heterocycles. The van der Waals surface area contributed by atoms with Crippen LogP contribution in [-0.4, -0.2) is 15.0 Å². The molecule has 0 amide bonds. The fraction of sp³-hybridized carbons (Fsp3) is 0.100. The summed E-state index contributed by atoms with van der Waals surface area (Å²) in [5.41, 5.74) is 11.7. The number of rotatable bonds is 4. The van der Waals surface area contributed by atoms with Gasteiger partial charge < -0.3 is 10.7 Å². The predicted molar refractivity (Wildman–Crippen MR) is 97.6 cm³/mol. The van der Waals surface area contributed by atoms with Crippen molar-refractivity contribution >= 4 is 16.9 Å². The first kappa shape index (κ1) is 14.5. The summed E-state index contributed by atoms with van der Waals surface area (Å²) in [6.45, 7) is 0. The molecule has 4 rings (SSSR count). The first-order valence-electron chi connectivity index (χ1n) is 8.02. The minimum absolute atomic E-state index is 0.505. The summed E-state index contributed by atoms with van der Waals surface area (Å²) in [5, 5.41) is 0.887. The monoisotopic (exact) mass is 314 g/mol. The minimum atomic E-state index is 0.505. The smallest absolute Gasteiger partial charge is 0.143 e. The number of nitrogens with zero attached hydrogens (tertiary/aromatic N) is 2. The Labute approximate surface area is 140 Å². The highest BCUT2D eigenvalue weighted by Gasteiger charge is 2.11. The fourth-order valence-electron chi connectivity index (χ4n) is 3.04. The van der Waals surface area contributed by atoms with Gasteiger partial charge in [-0.05, 0) is 29.5 Å². The number of aromatic nitrogens is 3. The molecule has 0 atom stereocenters. The Kier molecular flexibility index (Phi) is 3.71. The largest absolute Gasteiger partial charge is 0.383 e. The van der Waals surface area contributed by atoms with E-state index in [2.05, 4.69) is 63.5 Å². The minimum Gasteiger partial charge on any atom is -0.383 e. The van der Waals surface area contributed by atoms with Gasteiger partial charge in [0.05, 0.1) is 5.39 Å². The topological polar surface area (TPSA) is 67.6 Å². The first-order chi connectivity index (χ1) is 11.8. The Morgan fingerprint density at radius 2 is 1.67 bits per heavy atom. The van der Waals surface area contributed by atoms with Crippen LogP contribution >= 0.6 is 0 Å². The molecule has 0 aliphatic carbocycles. The molecular weight excluding hydrogens is 296 g/mol. The van der Waals surface area contributed by atoms with Gasteiger partial charge in [-0.1, -0.05) is 54.6 Å². The molecule has 118 valence electrons. The molecule has 0 saturated heterocycles. The zero-order chi connectivity index (χ0) is 16.4. The molecule has 0 fully saturated rings. The van der Waals surface area contributed by atoms with Gasteiger partial charge in [-0.2, -0.15) is 0 Å². The van der Waals surface area contributed by atoms with E-state index in [-0.39, 0.29) is 0 Å². The number of aryl methyl sites for hydroxylation is 2. The second kappa shape index (κ2) is 6.16. The van der Waals surface area contributed by atoms with Crippen molar-refractivity contribution in [3.63, 3.8) is 0 Å². The van der Waals surface area contributed by atoms with E-state index in [0.29, 0.717) is 5.82 Å². The van der Waals surface area contributed by atoms with E-state index < -0.39 is 0 Å². The molecule has 0 spiro atoms. The second-order valence-corrected chi connectivity index (χ2v) is 5.87. The van der Waals surface area contributed by atoms with Crippen molar-refractivity contribution in [1.29, 1.82) is 0 Å². The van der Waals surface area contributed by atoms with E-state index in [1.54, 1.807) is 0 Å². The highest BCUT2D eigenvalue weighted by atomic mass is 15.0. The number of aromatic amines is 1. The standard InChI is InChI=1S/C20H18N4/c21-19-18-17(12-22-20(18)24-13-23-19)16-8-4-7-15(11-16)10-9-14-5-2-1-3-6-14/h1-8,11-13H,9-10H2,(H3,21,22,23,24). The van der Waals surface area contributed by atoms with Crippen LogP contribution in [0.5, 0.6) is 0 Å². The molecule has 4 nitrogen and oxygen atoms in total. The highest BCUT2D eigenvalue weighted by Crippen LogP contribution is 2.31. The Balaban J connectivity index is 1.64. The number of nitrogens with one attached hydrogen (secondary N) is 1. The van der Waals surface area contributed by atoms with Gasteiger partial charge in [0, 0.05) is 11.8 Å². The number of hydrogen-bond acceptors (Lipinski definition) is 3. The molecule has 0 radical (unpaired) electrons. The summed E-state index contributed by atoms with van der Waals surface area (Å²) >= 11 is 0. The third-order valence-electron chi connectivity index (χ3n) is 4.28. The average molecular weight is 314 g/mol. The van der Waals surface area contributed by atoms with Gasteiger partial charge >= 0.3 is 0 Å². The molecule has 24 heavy (non-hydrogen) atoms. The number of hydrogen-bond donors (Lipinski definition) is 2. The van der Waals surface area contributed by atoms with Crippen LogP contribution < -0.4 is 5.73 Å². The third kappa shape index (κ3) is 2.74. The molecule has 0 bridgehead atoms. The summed E-state index contributed by atoms with van der Waals surface area (Å²) in [4.78, 5) is 11.5. The lowest BCUT2D eigenvalue weighted by atomic mass is 9.99. The molecule has 4 aromatic rings. The van der Waals surface area contributed by atoms with Gasteiger partial charge in [-0.15, -0.1) is 0 Å². The van der Waals surface area contributed by atoms with E-state index in [0.717, 1.165) is 35.0 Å². The van der Waals surface area contributed by atoms with Crippen LogP contribution in [0.2, 0.25) is 0 Å². The Morgan fingerprint density at radius 1 is 0.875 bits per heavy atom. The van der Waals surface area contributed by atoms with Crippen molar-refractivity contribution in [3.8, 4) is 11.1 Å². The predicted octanol–water partition coefficient (Wildman–Crippen LogP) is 3.99. The summed E-state index contributed by atoms with van der Waals surface area (Å²) in [6, 6.07) is 19.1. The lowest BCUT2D eigenvalue weighted by Crippen LogP contribution is -1.93. The van der Waals surface area contributed by atoms with Crippen molar-refractivity contribution in [2.75, 3.05) is 5.73 Å². The van der Waals surface area contributed by atoms with E-state index in [1.807, 2.05) is 12.3 Å². The van der Waals surface area contributed by atoms with E-state index in [1.165, 1.54) is 17.5 Å². The normalized spacial score (nSPS) is 11.0. The fourth-order valence-corrected chi connectivity index (χ4v) is 3.04. The molecule has 0 saturated carbocycles. The first-order valence-corrected chi connectivity index (χ1v) is 8.02. The van der Waals surface area contributed by atoms with Crippen molar-refractivity contribution in [2.45, 2.75) is 12.8 Å². The van der Waals surface area contributed by atoms with Crippen molar-refractivity contribution in [3.05, 3.63) is 78.2 Å². The molecule has 0 aliphatic rings. The summed E-state index contributed by atoms with van der Waals surface area (Å²) in [7, 11) is 0. The number of nitrogens with two attached hydrogens (primary N) is 1. The number of nitrogen functional groups attached to an aromatic ring is 1. The van der Waals surface area contributed by atoms with Gasteiger partial charge in [0.25, 0.3) is 0 Å². The zero-order valence-corrected chi connectivity index (χ0v) is 13.2. The van der Waals surface area contributed by atoms with Crippen LogP contribution in [0, 0.1) is 0 Å². The number of benzene rings is 2. The van der Waals surface area contributed by atoms with Crippen molar-refractivity contribution < 1.29 is 0 Å². The lowest BCUT2D eigenvalue weighted by Gasteiger charge is -2.06. The highest BCUT2D eigenvalue weighted by molar-refractivity contribution is 6.00. The van der Waals surface area contributed by atoms with Gasteiger partial charge in [0.2, 0.25) is 0 Å². The quantitative estimate of drug-likeness (QED) is 0.598. The summed E-state index contributed by atoms with van der Waals surface area (Å²) in [5.74, 6) is 0.505. The van der Waals surface area contributed by atoms with Crippen LogP contribution in [0.4, 0.5) is 5.82 Å². The summed E-state index contributed by atoms with van der Waals surface area (Å²) in [6.07, 6.45) is 5.47. The molecule has 4 heteroatoms. The molecule has 3 N–H and O–H groups in total. The zero-order valence-electron chi connectivity index (χ0n) is 13.2. The van der Waals surface area contributed by atoms with E-state index >= 15 is 0 Å². The Bertz CT molecular complexity index is 973. The molecule has 2 aromatic heterocycles. The maximum Gasteiger partial charge on any atom is 0.143 e. The molecular formula is C20H18N4. The van der Waals surface area contributed by atoms with Gasteiger partial charge in [0.1, 0.15) is 17.8 Å². The maximum absolute atomic E-state index is 6.04. The molecule has 2 aromatic carbocycles. The number of H-pyrrole nitrogens is 1. The molecule has 0 unspecified atom stereocenters. The van der Waals surface area contributed by atoms with Gasteiger partial charge in [0.15, 0.2) is 0 Å².